The smallest absolute Gasteiger partial charge is 0.145 e. The van der Waals surface area contributed by atoms with Crippen LogP contribution in [-0.2, 0) is 12.0 Å². The highest BCUT2D eigenvalue weighted by molar-refractivity contribution is 6.31. The summed E-state index contributed by atoms with van der Waals surface area (Å²) in [5.41, 5.74) is 3.11. The maximum Gasteiger partial charge on any atom is 0.145 e. The van der Waals surface area contributed by atoms with E-state index in [1.54, 1.807) is 12.4 Å². The van der Waals surface area contributed by atoms with E-state index in [9.17, 15) is 4.39 Å². The van der Waals surface area contributed by atoms with E-state index in [4.69, 9.17) is 11.6 Å². The lowest BCUT2D eigenvalue weighted by molar-refractivity contribution is 0.523. The third kappa shape index (κ3) is 2.59. The third-order valence-corrected chi connectivity index (χ3v) is 3.83. The van der Waals surface area contributed by atoms with Gasteiger partial charge in [0.05, 0.1) is 17.0 Å². The Bertz CT molecular complexity index is 639. The molecule has 0 amide bonds. The summed E-state index contributed by atoms with van der Waals surface area (Å²) in [5.74, 6) is -0.338. The molecule has 4 heteroatoms. The highest BCUT2D eigenvalue weighted by Gasteiger charge is 2.22. The van der Waals surface area contributed by atoms with Gasteiger partial charge in [-0.2, -0.15) is 0 Å². The summed E-state index contributed by atoms with van der Waals surface area (Å²) < 4.78 is 16.3. The molecule has 0 radical (unpaired) electrons. The monoisotopic (exact) mass is 294 g/mol. The van der Waals surface area contributed by atoms with Crippen LogP contribution in [0.4, 0.5) is 4.39 Å². The van der Waals surface area contributed by atoms with Gasteiger partial charge in [0.15, 0.2) is 0 Å². The molecular weight excluding hydrogens is 275 g/mol. The molecule has 0 unspecified atom stereocenters. The van der Waals surface area contributed by atoms with Crippen molar-refractivity contribution >= 4 is 11.6 Å². The zero-order valence-corrected chi connectivity index (χ0v) is 13.3. The molecule has 0 saturated carbocycles. The average Bonchev–Trinajstić information content (AvgIpc) is 2.72. The van der Waals surface area contributed by atoms with Crippen LogP contribution in [0, 0.1) is 12.7 Å². The van der Waals surface area contributed by atoms with Crippen molar-refractivity contribution < 1.29 is 4.39 Å². The number of aryl methyl sites for hydroxylation is 1. The highest BCUT2D eigenvalue weighted by Crippen LogP contribution is 2.34. The van der Waals surface area contributed by atoms with Gasteiger partial charge < -0.3 is 4.57 Å². The fraction of sp³-hybridized carbons (Fsp3) is 0.438. The van der Waals surface area contributed by atoms with Crippen molar-refractivity contribution in [1.82, 2.24) is 9.55 Å². The number of halogens is 2. The molecule has 108 valence electrons. The Morgan fingerprint density at radius 2 is 1.95 bits per heavy atom. The lowest BCUT2D eigenvalue weighted by atomic mass is 9.85. The van der Waals surface area contributed by atoms with Gasteiger partial charge >= 0.3 is 0 Å². The molecule has 2 nitrogen and oxygen atoms in total. The Morgan fingerprint density at radius 1 is 1.30 bits per heavy atom. The van der Waals surface area contributed by atoms with E-state index in [1.807, 2.05) is 33.8 Å². The fourth-order valence-corrected chi connectivity index (χ4v) is 2.54. The quantitative estimate of drug-likeness (QED) is 0.765. The van der Waals surface area contributed by atoms with Crippen LogP contribution in [0.2, 0.25) is 5.02 Å². The predicted molar refractivity (Wildman–Crippen MR) is 81.7 cm³/mol. The van der Waals surface area contributed by atoms with E-state index in [2.05, 4.69) is 16.5 Å². The molecule has 1 heterocycles. The molecule has 2 rings (SSSR count). The lowest BCUT2D eigenvalue weighted by Crippen LogP contribution is -2.14. The SMILES string of the molecule is CCn1cnc(-c2cc(Cl)c(F)c(C(C)(C)C)c2)c1C. The second kappa shape index (κ2) is 5.21. The Hall–Kier alpha value is -1.35. The van der Waals surface area contributed by atoms with Gasteiger partial charge in [-0.25, -0.2) is 9.37 Å². The molecular formula is C16H20ClFN2. The van der Waals surface area contributed by atoms with Crippen LogP contribution in [-0.4, -0.2) is 9.55 Å². The summed E-state index contributed by atoms with van der Waals surface area (Å²) in [6, 6.07) is 3.51. The van der Waals surface area contributed by atoms with E-state index < -0.39 is 0 Å². The second-order valence-corrected chi connectivity index (χ2v) is 6.44. The van der Waals surface area contributed by atoms with Crippen molar-refractivity contribution in [1.29, 1.82) is 0 Å². The van der Waals surface area contributed by atoms with Crippen LogP contribution in [0.5, 0.6) is 0 Å². The van der Waals surface area contributed by atoms with E-state index in [1.165, 1.54) is 0 Å². The van der Waals surface area contributed by atoms with Crippen molar-refractivity contribution in [2.75, 3.05) is 0 Å². The van der Waals surface area contributed by atoms with Gasteiger partial charge in [-0.1, -0.05) is 32.4 Å². The van der Waals surface area contributed by atoms with Crippen LogP contribution in [0.1, 0.15) is 39.0 Å². The average molecular weight is 295 g/mol. The van der Waals surface area contributed by atoms with Gasteiger partial charge in [0.1, 0.15) is 5.82 Å². The van der Waals surface area contributed by atoms with Gasteiger partial charge in [0, 0.05) is 17.8 Å². The number of aromatic nitrogens is 2. The Balaban J connectivity index is 2.64. The minimum atomic E-state index is -0.338. The Labute approximate surface area is 124 Å². The molecule has 1 aromatic carbocycles. The molecule has 1 aromatic heterocycles. The maximum absolute atomic E-state index is 14.2. The van der Waals surface area contributed by atoms with E-state index >= 15 is 0 Å². The molecule has 0 bridgehead atoms. The molecule has 0 spiro atoms. The van der Waals surface area contributed by atoms with Crippen molar-refractivity contribution in [3.63, 3.8) is 0 Å². The minimum absolute atomic E-state index is 0.151. The molecule has 2 aromatic rings. The Kier molecular flexibility index (Phi) is 3.92. The minimum Gasteiger partial charge on any atom is -0.335 e. The number of rotatable bonds is 2. The third-order valence-electron chi connectivity index (χ3n) is 3.55. The fourth-order valence-electron chi connectivity index (χ4n) is 2.32. The first-order valence-electron chi connectivity index (χ1n) is 6.77. The maximum atomic E-state index is 14.2. The van der Waals surface area contributed by atoms with Crippen molar-refractivity contribution in [2.45, 2.75) is 46.6 Å². The standard InChI is InChI=1S/C16H20ClFN2/c1-6-20-9-19-15(10(20)2)11-7-12(16(3,4)5)14(18)13(17)8-11/h7-9H,6H2,1-5H3. The van der Waals surface area contributed by atoms with Gasteiger partial charge in [0.2, 0.25) is 0 Å². The van der Waals surface area contributed by atoms with Gasteiger partial charge in [0.25, 0.3) is 0 Å². The van der Waals surface area contributed by atoms with Crippen LogP contribution < -0.4 is 0 Å². The normalized spacial score (nSPS) is 11.9. The van der Waals surface area contributed by atoms with E-state index in [0.29, 0.717) is 5.56 Å². The molecule has 0 atom stereocenters. The van der Waals surface area contributed by atoms with Crippen LogP contribution in [0.3, 0.4) is 0 Å². The number of nitrogens with zero attached hydrogens (tertiary/aromatic N) is 2. The molecule has 0 aliphatic rings. The zero-order chi connectivity index (χ0) is 15.1. The summed E-state index contributed by atoms with van der Waals surface area (Å²) in [6.07, 6.45) is 1.80. The summed E-state index contributed by atoms with van der Waals surface area (Å²) in [6.45, 7) is 10.9. The molecule has 20 heavy (non-hydrogen) atoms. The Morgan fingerprint density at radius 3 is 2.45 bits per heavy atom. The van der Waals surface area contributed by atoms with Gasteiger partial charge in [-0.15, -0.1) is 0 Å². The van der Waals surface area contributed by atoms with Crippen molar-refractivity contribution in [3.05, 3.63) is 40.6 Å². The van der Waals surface area contributed by atoms with Gasteiger partial charge in [-0.05, 0) is 37.0 Å². The van der Waals surface area contributed by atoms with Crippen LogP contribution in [0.25, 0.3) is 11.3 Å². The largest absolute Gasteiger partial charge is 0.335 e. The molecule has 0 saturated heterocycles. The molecule has 0 aliphatic carbocycles. The summed E-state index contributed by atoms with van der Waals surface area (Å²) >= 11 is 6.06. The molecule has 0 aliphatic heterocycles. The van der Waals surface area contributed by atoms with Crippen LogP contribution >= 0.6 is 11.6 Å². The lowest BCUT2D eigenvalue weighted by Gasteiger charge is -2.21. The first kappa shape index (κ1) is 15.0. The zero-order valence-electron chi connectivity index (χ0n) is 12.6. The number of imidazole rings is 1. The first-order valence-corrected chi connectivity index (χ1v) is 7.15. The highest BCUT2D eigenvalue weighted by atomic mass is 35.5. The second-order valence-electron chi connectivity index (χ2n) is 6.03. The molecule has 0 N–H and O–H groups in total. The number of hydrogen-bond donors (Lipinski definition) is 0. The van der Waals surface area contributed by atoms with Gasteiger partial charge in [-0.3, -0.25) is 0 Å². The summed E-state index contributed by atoms with van der Waals surface area (Å²) in [7, 11) is 0. The number of hydrogen-bond acceptors (Lipinski definition) is 1. The summed E-state index contributed by atoms with van der Waals surface area (Å²) in [5, 5.41) is 0.151. The van der Waals surface area contributed by atoms with E-state index in [0.717, 1.165) is 23.5 Å². The first-order chi connectivity index (χ1) is 9.25. The summed E-state index contributed by atoms with van der Waals surface area (Å²) in [4.78, 5) is 4.43. The number of benzene rings is 1. The van der Waals surface area contributed by atoms with E-state index in [-0.39, 0.29) is 16.3 Å². The molecule has 0 fully saturated rings. The van der Waals surface area contributed by atoms with Crippen LogP contribution in [0.15, 0.2) is 18.5 Å². The predicted octanol–water partition coefficient (Wildman–Crippen LogP) is 4.97. The topological polar surface area (TPSA) is 17.8 Å². The van der Waals surface area contributed by atoms with Crippen molar-refractivity contribution in [2.24, 2.45) is 0 Å². The van der Waals surface area contributed by atoms with Crippen molar-refractivity contribution in [3.8, 4) is 11.3 Å².